The first-order valence-electron chi connectivity index (χ1n) is 4.33. The molecule has 0 fully saturated rings. The molecule has 0 bridgehead atoms. The molecule has 5 heteroatoms. The number of carbonyl (C=O) groups is 1. The van der Waals surface area contributed by atoms with Gasteiger partial charge in [-0.1, -0.05) is 12.2 Å². The first kappa shape index (κ1) is 13.0. The third-order valence-corrected chi connectivity index (χ3v) is 1.47. The van der Waals surface area contributed by atoms with Crippen molar-refractivity contribution in [3.63, 3.8) is 0 Å². The summed E-state index contributed by atoms with van der Waals surface area (Å²) in [5, 5.41) is 0. The van der Waals surface area contributed by atoms with Gasteiger partial charge in [-0.25, -0.2) is 4.79 Å². The van der Waals surface area contributed by atoms with Crippen LogP contribution in [0.5, 0.6) is 0 Å². The van der Waals surface area contributed by atoms with Gasteiger partial charge in [-0.2, -0.15) is 13.2 Å². The highest BCUT2D eigenvalue weighted by Gasteiger charge is 2.40. The summed E-state index contributed by atoms with van der Waals surface area (Å²) in [5.74, 6) is -2.11. The van der Waals surface area contributed by atoms with E-state index < -0.39 is 12.1 Å². The van der Waals surface area contributed by atoms with Gasteiger partial charge in [-0.15, -0.1) is 0 Å². The summed E-state index contributed by atoms with van der Waals surface area (Å²) in [6, 6.07) is 0. The monoisotopic (exact) mass is 210 g/mol. The maximum absolute atomic E-state index is 11.6. The fourth-order valence-corrected chi connectivity index (χ4v) is 0.778. The normalized spacial score (nSPS) is 12.0. The Labute approximate surface area is 80.7 Å². The Kier molecular flexibility index (Phi) is 5.99. The molecule has 0 aliphatic heterocycles. The number of esters is 1. The van der Waals surface area contributed by atoms with Crippen molar-refractivity contribution in [2.75, 3.05) is 6.61 Å². The average molecular weight is 210 g/mol. The van der Waals surface area contributed by atoms with Crippen molar-refractivity contribution >= 4 is 5.97 Å². The Morgan fingerprint density at radius 2 is 2.00 bits per heavy atom. The van der Waals surface area contributed by atoms with E-state index in [0.29, 0.717) is 6.42 Å². The van der Waals surface area contributed by atoms with E-state index in [1.807, 2.05) is 19.1 Å². The van der Waals surface area contributed by atoms with Crippen LogP contribution < -0.4 is 0 Å². The molecule has 0 N–H and O–H groups in total. The van der Waals surface area contributed by atoms with Crippen LogP contribution >= 0.6 is 0 Å². The minimum absolute atomic E-state index is 0.171. The van der Waals surface area contributed by atoms with Gasteiger partial charge in [0.05, 0.1) is 6.61 Å². The molecule has 14 heavy (non-hydrogen) atoms. The molecule has 82 valence electrons. The molecular formula is C9H13F3O2. The quantitative estimate of drug-likeness (QED) is 0.396. The molecule has 0 aromatic carbocycles. The van der Waals surface area contributed by atoms with E-state index in [0.717, 1.165) is 12.8 Å². The van der Waals surface area contributed by atoms with E-state index in [1.54, 1.807) is 0 Å². The van der Waals surface area contributed by atoms with Crippen LogP contribution in [0, 0.1) is 0 Å². The Morgan fingerprint density at radius 3 is 2.50 bits per heavy atom. The van der Waals surface area contributed by atoms with Crippen LogP contribution in [-0.2, 0) is 9.53 Å². The zero-order chi connectivity index (χ0) is 11.0. The molecule has 0 amide bonds. The lowest BCUT2D eigenvalue weighted by Gasteiger charge is -2.06. The first-order valence-corrected chi connectivity index (χ1v) is 4.33. The summed E-state index contributed by atoms with van der Waals surface area (Å²) in [7, 11) is 0. The van der Waals surface area contributed by atoms with E-state index in [4.69, 9.17) is 0 Å². The number of unbranched alkanes of at least 4 members (excludes halogenated alkanes) is 2. The van der Waals surface area contributed by atoms with Crippen LogP contribution in [-0.4, -0.2) is 18.8 Å². The molecule has 0 saturated heterocycles. The lowest BCUT2D eigenvalue weighted by atomic mass is 10.2. The van der Waals surface area contributed by atoms with Crippen LogP contribution in [0.1, 0.15) is 26.2 Å². The van der Waals surface area contributed by atoms with Crippen molar-refractivity contribution in [2.45, 2.75) is 32.4 Å². The van der Waals surface area contributed by atoms with Gasteiger partial charge in [0, 0.05) is 0 Å². The molecule has 0 radical (unpaired) electrons. The summed E-state index contributed by atoms with van der Waals surface area (Å²) < 4.78 is 38.8. The molecule has 0 atom stereocenters. The highest BCUT2D eigenvalue weighted by atomic mass is 19.4. The van der Waals surface area contributed by atoms with Gasteiger partial charge in [-0.05, 0) is 26.2 Å². The topological polar surface area (TPSA) is 26.3 Å². The summed E-state index contributed by atoms with van der Waals surface area (Å²) in [4.78, 5) is 10.2. The second kappa shape index (κ2) is 6.45. The fourth-order valence-electron chi connectivity index (χ4n) is 0.778. The molecule has 0 saturated carbocycles. The first-order chi connectivity index (χ1) is 6.48. The second-order valence-corrected chi connectivity index (χ2v) is 2.70. The van der Waals surface area contributed by atoms with E-state index in [-0.39, 0.29) is 6.61 Å². The van der Waals surface area contributed by atoms with Gasteiger partial charge >= 0.3 is 12.1 Å². The van der Waals surface area contributed by atoms with E-state index in [9.17, 15) is 18.0 Å². The lowest BCUT2D eigenvalue weighted by molar-refractivity contribution is -0.199. The van der Waals surface area contributed by atoms with Gasteiger partial charge in [0.1, 0.15) is 0 Å². The van der Waals surface area contributed by atoms with E-state index in [2.05, 4.69) is 4.74 Å². The maximum Gasteiger partial charge on any atom is 0.490 e. The molecule has 2 nitrogen and oxygen atoms in total. The highest BCUT2D eigenvalue weighted by Crippen LogP contribution is 2.16. The van der Waals surface area contributed by atoms with Gasteiger partial charge in [0.2, 0.25) is 0 Å². The van der Waals surface area contributed by atoms with Gasteiger partial charge < -0.3 is 4.74 Å². The van der Waals surface area contributed by atoms with Crippen LogP contribution in [0.15, 0.2) is 12.2 Å². The number of ether oxygens (including phenoxy) is 1. The van der Waals surface area contributed by atoms with Gasteiger partial charge in [0.25, 0.3) is 0 Å². The lowest BCUT2D eigenvalue weighted by Crippen LogP contribution is -2.25. The molecule has 0 aromatic heterocycles. The summed E-state index contributed by atoms with van der Waals surface area (Å²) in [6.45, 7) is 1.69. The number of hydrogen-bond acceptors (Lipinski definition) is 2. The van der Waals surface area contributed by atoms with Crippen LogP contribution in [0.3, 0.4) is 0 Å². The molecule has 0 unspecified atom stereocenters. The predicted molar refractivity (Wildman–Crippen MR) is 45.7 cm³/mol. The number of allylic oxidation sites excluding steroid dienone is 2. The molecule has 0 aliphatic carbocycles. The summed E-state index contributed by atoms with van der Waals surface area (Å²) in [6.07, 6.45) is 0.859. The van der Waals surface area contributed by atoms with Crippen LogP contribution in [0.2, 0.25) is 0 Å². The Morgan fingerprint density at radius 1 is 1.36 bits per heavy atom. The van der Waals surface area contributed by atoms with Crippen molar-refractivity contribution < 1.29 is 22.7 Å². The van der Waals surface area contributed by atoms with E-state index in [1.165, 1.54) is 0 Å². The van der Waals surface area contributed by atoms with Gasteiger partial charge in [0.15, 0.2) is 0 Å². The smallest absolute Gasteiger partial charge is 0.459 e. The molecule has 0 heterocycles. The molecule has 0 aliphatic rings. The predicted octanol–water partition coefficient (Wildman–Crippen LogP) is 2.84. The van der Waals surface area contributed by atoms with Crippen LogP contribution in [0.4, 0.5) is 13.2 Å². The number of halogens is 3. The Balaban J connectivity index is 3.42. The van der Waals surface area contributed by atoms with Crippen molar-refractivity contribution in [3.8, 4) is 0 Å². The molecule has 0 aromatic rings. The largest absolute Gasteiger partial charge is 0.490 e. The summed E-state index contributed by atoms with van der Waals surface area (Å²) >= 11 is 0. The van der Waals surface area contributed by atoms with Crippen molar-refractivity contribution in [2.24, 2.45) is 0 Å². The van der Waals surface area contributed by atoms with Gasteiger partial charge in [-0.3, -0.25) is 0 Å². The molecule has 0 spiro atoms. The minimum atomic E-state index is -4.87. The maximum atomic E-state index is 11.6. The Bertz CT molecular complexity index is 197. The molecular weight excluding hydrogens is 197 g/mol. The number of rotatable bonds is 5. The summed E-state index contributed by atoms with van der Waals surface area (Å²) in [5.41, 5.74) is 0. The standard InChI is InChI=1S/C9H13F3O2/c1-2-3-4-5-6-7-14-8(13)9(10,11)12/h2-3H,4-7H2,1H3. The Hall–Kier alpha value is -1.00. The molecule has 0 rings (SSSR count). The van der Waals surface area contributed by atoms with Crippen molar-refractivity contribution in [1.29, 1.82) is 0 Å². The zero-order valence-corrected chi connectivity index (χ0v) is 7.93. The highest BCUT2D eigenvalue weighted by molar-refractivity contribution is 5.75. The number of alkyl halides is 3. The third-order valence-electron chi connectivity index (χ3n) is 1.47. The van der Waals surface area contributed by atoms with Crippen molar-refractivity contribution in [3.05, 3.63) is 12.2 Å². The zero-order valence-electron chi connectivity index (χ0n) is 7.93. The number of hydrogen-bond donors (Lipinski definition) is 0. The van der Waals surface area contributed by atoms with Crippen molar-refractivity contribution in [1.82, 2.24) is 0 Å². The number of carbonyl (C=O) groups excluding carboxylic acids is 1. The van der Waals surface area contributed by atoms with Crippen LogP contribution in [0.25, 0.3) is 0 Å². The second-order valence-electron chi connectivity index (χ2n) is 2.70. The van der Waals surface area contributed by atoms with E-state index >= 15 is 0 Å². The average Bonchev–Trinajstić information content (AvgIpc) is 2.09. The third kappa shape index (κ3) is 6.51. The minimum Gasteiger partial charge on any atom is -0.459 e. The fraction of sp³-hybridized carbons (Fsp3) is 0.667. The SMILES string of the molecule is CC=CCCCCOC(=O)C(F)(F)F.